The number of hydrogen-bond acceptors (Lipinski definition) is 3. The number of rotatable bonds is 5. The normalized spacial score (nSPS) is 11.8. The highest BCUT2D eigenvalue weighted by molar-refractivity contribution is 5.78. The van der Waals surface area contributed by atoms with Gasteiger partial charge in [-0.1, -0.05) is 12.1 Å². The Balaban J connectivity index is 1.80. The van der Waals surface area contributed by atoms with Gasteiger partial charge in [0.05, 0.1) is 28.5 Å². The SMILES string of the molecule is O=c1c2ccccc2n(CCCn2ccnc2)c(=O)n1-c1ccc(C(F)(F)F)cc1. The van der Waals surface area contributed by atoms with Crippen LogP contribution >= 0.6 is 0 Å². The van der Waals surface area contributed by atoms with Crippen LogP contribution in [-0.2, 0) is 19.3 Å². The van der Waals surface area contributed by atoms with Gasteiger partial charge in [0.15, 0.2) is 0 Å². The quantitative estimate of drug-likeness (QED) is 0.503. The third-order valence-corrected chi connectivity index (χ3v) is 4.86. The Morgan fingerprint density at radius 1 is 0.933 bits per heavy atom. The van der Waals surface area contributed by atoms with Crippen molar-refractivity contribution in [3.8, 4) is 5.69 Å². The maximum Gasteiger partial charge on any atom is 0.416 e. The molecule has 9 heteroatoms. The van der Waals surface area contributed by atoms with Gasteiger partial charge in [-0.25, -0.2) is 14.3 Å². The van der Waals surface area contributed by atoms with Gasteiger partial charge >= 0.3 is 11.9 Å². The third kappa shape index (κ3) is 3.66. The number of benzene rings is 2. The number of aromatic nitrogens is 4. The first-order valence-electron chi connectivity index (χ1n) is 9.24. The fourth-order valence-electron chi connectivity index (χ4n) is 3.39. The Morgan fingerprint density at radius 3 is 2.33 bits per heavy atom. The minimum Gasteiger partial charge on any atom is -0.337 e. The lowest BCUT2D eigenvalue weighted by Crippen LogP contribution is -2.39. The largest absolute Gasteiger partial charge is 0.416 e. The van der Waals surface area contributed by atoms with E-state index < -0.39 is 23.0 Å². The predicted octanol–water partition coefficient (Wildman–Crippen LogP) is 3.46. The van der Waals surface area contributed by atoms with E-state index in [2.05, 4.69) is 4.98 Å². The molecule has 30 heavy (non-hydrogen) atoms. The zero-order valence-electron chi connectivity index (χ0n) is 15.7. The molecule has 2 heterocycles. The number of aryl methyl sites for hydroxylation is 2. The highest BCUT2D eigenvalue weighted by Crippen LogP contribution is 2.29. The summed E-state index contributed by atoms with van der Waals surface area (Å²) in [5.74, 6) is 0. The van der Waals surface area contributed by atoms with E-state index in [0.29, 0.717) is 30.4 Å². The van der Waals surface area contributed by atoms with Crippen molar-refractivity contribution in [3.63, 3.8) is 0 Å². The Kier molecular flexibility index (Phi) is 5.03. The van der Waals surface area contributed by atoms with Crippen LogP contribution in [0.4, 0.5) is 13.2 Å². The van der Waals surface area contributed by atoms with E-state index in [-0.39, 0.29) is 5.69 Å². The van der Waals surface area contributed by atoms with E-state index in [0.717, 1.165) is 28.8 Å². The smallest absolute Gasteiger partial charge is 0.337 e. The summed E-state index contributed by atoms with van der Waals surface area (Å²) in [6.07, 6.45) is 1.24. The molecular formula is C21H17F3N4O2. The molecule has 0 fully saturated rings. The number of imidazole rings is 1. The second-order valence-corrected chi connectivity index (χ2v) is 6.79. The number of alkyl halides is 3. The summed E-state index contributed by atoms with van der Waals surface area (Å²) in [5, 5.41) is 0.319. The Morgan fingerprint density at radius 2 is 1.67 bits per heavy atom. The zero-order chi connectivity index (χ0) is 21.3. The van der Waals surface area contributed by atoms with Crippen LogP contribution in [0.5, 0.6) is 0 Å². The first-order chi connectivity index (χ1) is 14.4. The summed E-state index contributed by atoms with van der Waals surface area (Å²) in [5.41, 5.74) is -1.43. The Labute approximate surface area is 168 Å². The molecule has 0 saturated carbocycles. The predicted molar refractivity (Wildman–Crippen MR) is 106 cm³/mol. The number of halogens is 3. The van der Waals surface area contributed by atoms with E-state index in [1.54, 1.807) is 36.8 Å². The van der Waals surface area contributed by atoms with Crippen molar-refractivity contribution in [2.24, 2.45) is 0 Å². The van der Waals surface area contributed by atoms with Gasteiger partial charge in [-0.3, -0.25) is 9.36 Å². The van der Waals surface area contributed by atoms with Gasteiger partial charge in [0.25, 0.3) is 5.56 Å². The number of hydrogen-bond donors (Lipinski definition) is 0. The Bertz CT molecular complexity index is 1290. The Hall–Kier alpha value is -3.62. The van der Waals surface area contributed by atoms with Gasteiger partial charge in [-0.05, 0) is 42.8 Å². The van der Waals surface area contributed by atoms with E-state index in [9.17, 15) is 22.8 Å². The minimum atomic E-state index is -4.50. The summed E-state index contributed by atoms with van der Waals surface area (Å²) in [6, 6.07) is 10.7. The molecule has 2 aromatic heterocycles. The zero-order valence-corrected chi connectivity index (χ0v) is 15.7. The molecular weight excluding hydrogens is 397 g/mol. The van der Waals surface area contributed by atoms with Crippen LogP contribution in [-0.4, -0.2) is 18.7 Å². The van der Waals surface area contributed by atoms with E-state index in [1.165, 1.54) is 4.57 Å². The summed E-state index contributed by atoms with van der Waals surface area (Å²) >= 11 is 0. The van der Waals surface area contributed by atoms with Crippen molar-refractivity contribution < 1.29 is 13.2 Å². The van der Waals surface area contributed by atoms with Crippen LogP contribution in [0.15, 0.2) is 76.8 Å². The van der Waals surface area contributed by atoms with Crippen LogP contribution < -0.4 is 11.2 Å². The molecule has 0 atom stereocenters. The van der Waals surface area contributed by atoms with Crippen LogP contribution in [0.3, 0.4) is 0 Å². The van der Waals surface area contributed by atoms with Gasteiger partial charge in [-0.2, -0.15) is 13.2 Å². The van der Waals surface area contributed by atoms with Crippen molar-refractivity contribution in [1.29, 1.82) is 0 Å². The number of fused-ring (bicyclic) bond motifs is 1. The monoisotopic (exact) mass is 414 g/mol. The fraction of sp³-hybridized carbons (Fsp3) is 0.190. The molecule has 0 bridgehead atoms. The molecule has 4 rings (SSSR count). The van der Waals surface area contributed by atoms with Crippen LogP contribution in [0.2, 0.25) is 0 Å². The molecule has 6 nitrogen and oxygen atoms in total. The fourth-order valence-corrected chi connectivity index (χ4v) is 3.39. The number of para-hydroxylation sites is 1. The second-order valence-electron chi connectivity index (χ2n) is 6.79. The topological polar surface area (TPSA) is 61.8 Å². The molecule has 0 aliphatic rings. The van der Waals surface area contributed by atoms with Gasteiger partial charge in [0, 0.05) is 25.5 Å². The third-order valence-electron chi connectivity index (χ3n) is 4.86. The standard InChI is InChI=1S/C21H17F3N4O2/c22-21(23,24)15-6-8-16(9-7-15)28-19(29)17-4-1-2-5-18(17)27(20(28)30)12-3-11-26-13-10-25-14-26/h1-2,4-10,13-14H,3,11-12H2. The first-order valence-corrected chi connectivity index (χ1v) is 9.24. The lowest BCUT2D eigenvalue weighted by molar-refractivity contribution is -0.137. The maximum absolute atomic E-state index is 13.2. The van der Waals surface area contributed by atoms with E-state index in [4.69, 9.17) is 0 Å². The van der Waals surface area contributed by atoms with Crippen LogP contribution in [0.25, 0.3) is 16.6 Å². The summed E-state index contributed by atoms with van der Waals surface area (Å²) in [4.78, 5) is 30.1. The van der Waals surface area contributed by atoms with Gasteiger partial charge in [0.1, 0.15) is 0 Å². The minimum absolute atomic E-state index is 0.0899. The molecule has 4 aromatic rings. The molecule has 0 aliphatic heterocycles. The summed E-state index contributed by atoms with van der Waals surface area (Å²) in [7, 11) is 0. The second kappa shape index (κ2) is 7.66. The molecule has 0 spiro atoms. The summed E-state index contributed by atoms with van der Waals surface area (Å²) in [6.45, 7) is 0.957. The highest BCUT2D eigenvalue weighted by Gasteiger charge is 2.30. The molecule has 0 unspecified atom stereocenters. The molecule has 0 N–H and O–H groups in total. The highest BCUT2D eigenvalue weighted by atomic mass is 19.4. The molecule has 0 saturated heterocycles. The van der Waals surface area contributed by atoms with Crippen molar-refractivity contribution in [3.05, 3.63) is 93.7 Å². The van der Waals surface area contributed by atoms with Crippen molar-refractivity contribution >= 4 is 10.9 Å². The van der Waals surface area contributed by atoms with Gasteiger partial charge in [0.2, 0.25) is 0 Å². The first kappa shape index (κ1) is 19.7. The van der Waals surface area contributed by atoms with Crippen molar-refractivity contribution in [1.82, 2.24) is 18.7 Å². The summed E-state index contributed by atoms with van der Waals surface area (Å²) < 4.78 is 42.9. The van der Waals surface area contributed by atoms with E-state index in [1.807, 2.05) is 10.8 Å². The maximum atomic E-state index is 13.2. The number of nitrogens with zero attached hydrogens (tertiary/aromatic N) is 4. The van der Waals surface area contributed by atoms with Crippen molar-refractivity contribution in [2.75, 3.05) is 0 Å². The van der Waals surface area contributed by atoms with Crippen LogP contribution in [0.1, 0.15) is 12.0 Å². The molecule has 0 amide bonds. The van der Waals surface area contributed by atoms with Gasteiger partial charge in [-0.15, -0.1) is 0 Å². The molecule has 0 radical (unpaired) electrons. The average molecular weight is 414 g/mol. The average Bonchev–Trinajstić information content (AvgIpc) is 3.24. The molecule has 154 valence electrons. The van der Waals surface area contributed by atoms with E-state index >= 15 is 0 Å². The van der Waals surface area contributed by atoms with Crippen LogP contribution in [0, 0.1) is 0 Å². The molecule has 2 aromatic carbocycles. The lowest BCUT2D eigenvalue weighted by Gasteiger charge is -2.15. The lowest BCUT2D eigenvalue weighted by atomic mass is 10.2. The van der Waals surface area contributed by atoms with Gasteiger partial charge < -0.3 is 4.57 Å². The molecule has 0 aliphatic carbocycles. The van der Waals surface area contributed by atoms with Crippen molar-refractivity contribution in [2.45, 2.75) is 25.7 Å².